The Morgan fingerprint density at radius 2 is 1.54 bits per heavy atom. The van der Waals surface area contributed by atoms with E-state index in [1.165, 1.54) is 23.1 Å². The molecule has 6 heterocycles. The molecule has 3 aromatic carbocycles. The van der Waals surface area contributed by atoms with E-state index in [1.807, 2.05) is 12.1 Å². The number of hydrogen-bond donors (Lipinski definition) is 2. The van der Waals surface area contributed by atoms with Crippen molar-refractivity contribution < 1.29 is 37.8 Å². The Labute approximate surface area is 366 Å². The van der Waals surface area contributed by atoms with Gasteiger partial charge >= 0.3 is 0 Å². The molecule has 6 fully saturated rings. The lowest BCUT2D eigenvalue weighted by atomic mass is 9.66. The maximum atomic E-state index is 16.3. The van der Waals surface area contributed by atoms with E-state index in [0.29, 0.717) is 60.3 Å². The Balaban J connectivity index is 0.707. The van der Waals surface area contributed by atoms with Gasteiger partial charge in [0.1, 0.15) is 17.6 Å². The zero-order valence-electron chi connectivity index (χ0n) is 36.0. The van der Waals surface area contributed by atoms with Crippen LogP contribution in [-0.2, 0) is 20.9 Å². The number of para-hydroxylation sites is 1. The van der Waals surface area contributed by atoms with Crippen LogP contribution in [0, 0.1) is 23.0 Å². The monoisotopic (exact) mass is 865 g/mol. The van der Waals surface area contributed by atoms with Gasteiger partial charge in [0.15, 0.2) is 11.6 Å². The molecule has 2 N–H and O–H groups in total. The largest absolute Gasteiger partial charge is 0.503 e. The lowest BCUT2D eigenvalue weighted by molar-refractivity contribution is -0.140. The van der Waals surface area contributed by atoms with Gasteiger partial charge in [-0.25, -0.2) is 8.78 Å². The minimum atomic E-state index is -0.808. The van der Waals surface area contributed by atoms with Crippen molar-refractivity contribution in [3.8, 4) is 11.5 Å². The van der Waals surface area contributed by atoms with Crippen molar-refractivity contribution in [1.29, 1.82) is 0 Å². The number of phenols is 1. The highest BCUT2D eigenvalue weighted by molar-refractivity contribution is 6.08. The van der Waals surface area contributed by atoms with Crippen LogP contribution in [0.25, 0.3) is 0 Å². The van der Waals surface area contributed by atoms with Crippen LogP contribution in [0.3, 0.4) is 0 Å². The minimum absolute atomic E-state index is 0.0929. The van der Waals surface area contributed by atoms with Gasteiger partial charge < -0.3 is 29.4 Å². The Bertz CT molecular complexity index is 2300. The van der Waals surface area contributed by atoms with Crippen LogP contribution in [0.5, 0.6) is 11.5 Å². The van der Waals surface area contributed by atoms with Gasteiger partial charge in [0.25, 0.3) is 5.91 Å². The lowest BCUT2D eigenvalue weighted by Crippen LogP contribution is -2.62. The number of halogens is 2. The summed E-state index contributed by atoms with van der Waals surface area (Å²) >= 11 is 0. The van der Waals surface area contributed by atoms with Crippen molar-refractivity contribution in [3.05, 3.63) is 76.9 Å². The SMILES string of the molecule is COc1cc(N2CCC(CN3CCN(C4CCN(c5ccc6c(c5)CN([C@H]5CCC(=O)NC5=O)C6=O)CC4)CC3)CC2)c(F)cc1[C@@H]1N(c2cccc(F)c2O)C(=O)C12CCCC2. The van der Waals surface area contributed by atoms with Crippen molar-refractivity contribution >= 4 is 40.7 Å². The average Bonchev–Trinajstić information content (AvgIpc) is 3.94. The third kappa shape index (κ3) is 7.38. The van der Waals surface area contributed by atoms with E-state index >= 15 is 4.39 Å². The molecule has 1 aliphatic carbocycles. The summed E-state index contributed by atoms with van der Waals surface area (Å²) in [5.41, 5.74) is 3.08. The Kier molecular flexibility index (Phi) is 11.1. The third-order valence-corrected chi connectivity index (χ3v) is 15.5. The number of carbonyl (C=O) groups excluding carboxylic acids is 4. The third-order valence-electron chi connectivity index (χ3n) is 15.5. The van der Waals surface area contributed by atoms with Crippen LogP contribution in [0.2, 0.25) is 0 Å². The first-order valence-corrected chi connectivity index (χ1v) is 23.0. The fraction of sp³-hybridized carbons (Fsp3) is 0.542. The van der Waals surface area contributed by atoms with Gasteiger partial charge in [0.05, 0.1) is 29.9 Å². The van der Waals surface area contributed by atoms with E-state index in [9.17, 15) is 28.7 Å². The summed E-state index contributed by atoms with van der Waals surface area (Å²) in [5.74, 6) is -1.74. The lowest BCUT2D eigenvalue weighted by Gasteiger charge is -2.55. The minimum Gasteiger partial charge on any atom is -0.503 e. The van der Waals surface area contributed by atoms with Gasteiger partial charge in [-0.05, 0) is 92.8 Å². The van der Waals surface area contributed by atoms with Gasteiger partial charge in [-0.3, -0.25) is 34.3 Å². The summed E-state index contributed by atoms with van der Waals surface area (Å²) in [6.07, 6.45) is 7.73. The molecule has 2 atom stereocenters. The predicted molar refractivity (Wildman–Crippen MR) is 233 cm³/mol. The second kappa shape index (κ2) is 16.7. The van der Waals surface area contributed by atoms with Gasteiger partial charge in [0, 0.05) is 101 Å². The number of piperidine rings is 3. The fourth-order valence-corrected chi connectivity index (χ4v) is 12.0. The molecule has 0 aromatic heterocycles. The summed E-state index contributed by atoms with van der Waals surface area (Å²) < 4.78 is 36.7. The van der Waals surface area contributed by atoms with Crippen molar-refractivity contribution in [2.45, 2.75) is 88.9 Å². The van der Waals surface area contributed by atoms with E-state index in [4.69, 9.17) is 4.74 Å². The van der Waals surface area contributed by atoms with Crippen LogP contribution in [0.15, 0.2) is 48.5 Å². The molecule has 6 aliphatic heterocycles. The topological polar surface area (TPSA) is 129 Å². The summed E-state index contributed by atoms with van der Waals surface area (Å²) in [7, 11) is 1.56. The van der Waals surface area contributed by atoms with Gasteiger partial charge in [-0.15, -0.1) is 0 Å². The molecule has 4 amide bonds. The summed E-state index contributed by atoms with van der Waals surface area (Å²) in [6, 6.07) is 12.8. The van der Waals surface area contributed by atoms with Gasteiger partial charge in [0.2, 0.25) is 17.7 Å². The molecule has 1 saturated carbocycles. The molecule has 13 nitrogen and oxygen atoms in total. The number of amides is 4. The van der Waals surface area contributed by atoms with E-state index in [0.717, 1.165) is 115 Å². The average molecular weight is 866 g/mol. The highest BCUT2D eigenvalue weighted by atomic mass is 19.1. The number of imide groups is 1. The number of nitrogens with zero attached hydrogens (tertiary/aromatic N) is 6. The number of phenolic OH excluding ortho intramolecular Hbond substituents is 1. The molecule has 3 aromatic rings. The van der Waals surface area contributed by atoms with Crippen LogP contribution in [0.1, 0.15) is 91.7 Å². The van der Waals surface area contributed by atoms with Gasteiger partial charge in [-0.2, -0.15) is 0 Å². The van der Waals surface area contributed by atoms with Crippen molar-refractivity contribution in [2.24, 2.45) is 11.3 Å². The molecule has 0 radical (unpaired) electrons. The zero-order valence-corrected chi connectivity index (χ0v) is 36.0. The number of anilines is 3. The Morgan fingerprint density at radius 1 is 0.810 bits per heavy atom. The van der Waals surface area contributed by atoms with Crippen LogP contribution < -0.4 is 24.8 Å². The quantitative estimate of drug-likeness (QED) is 0.208. The number of methoxy groups -OCH3 is 1. The molecule has 0 bridgehead atoms. The molecule has 0 unspecified atom stereocenters. The molecule has 1 spiro atoms. The number of β-lactam (4-membered cyclic amide) rings is 1. The predicted octanol–water partition coefficient (Wildman–Crippen LogP) is 5.59. The standard InChI is InChI=1S/C48H57F2N7O6/c1-63-41-27-40(37(50)26-35(41)44-48(15-2-3-16-48)47(62)57(44)38-6-4-5-36(49)43(38)59)55-17-11-30(12-18-55)28-52-21-23-54(24-22-52)32-13-19-53(20-14-32)33-7-8-34-31(25-33)29-56(46(34)61)39-9-10-42(58)51-45(39)60/h4-8,25-27,30,32,39,44,59H,2-3,9-24,28-29H2,1H3,(H,51,58,60)/t39-,44-/m0/s1. The molecule has 15 heteroatoms. The number of carbonyl (C=O) groups is 4. The van der Waals surface area contributed by atoms with Crippen molar-refractivity contribution in [1.82, 2.24) is 20.0 Å². The van der Waals surface area contributed by atoms with Gasteiger partial charge in [-0.1, -0.05) is 18.9 Å². The zero-order chi connectivity index (χ0) is 43.6. The number of nitrogens with one attached hydrogen (secondary N) is 1. The first kappa shape index (κ1) is 41.7. The maximum absolute atomic E-state index is 16.3. The number of ether oxygens (including phenoxy) is 1. The van der Waals surface area contributed by atoms with E-state index in [-0.39, 0.29) is 41.6 Å². The molecule has 10 rings (SSSR count). The Hall–Kier alpha value is -5.28. The number of rotatable bonds is 9. The number of fused-ring (bicyclic) bond motifs is 1. The first-order chi connectivity index (χ1) is 30.5. The Morgan fingerprint density at radius 3 is 2.25 bits per heavy atom. The number of hydrogen-bond acceptors (Lipinski definition) is 10. The number of benzene rings is 3. The highest BCUT2D eigenvalue weighted by Crippen LogP contribution is 2.62. The van der Waals surface area contributed by atoms with Crippen LogP contribution in [0.4, 0.5) is 25.8 Å². The normalized spacial score (nSPS) is 24.9. The molecule has 63 heavy (non-hydrogen) atoms. The highest BCUT2D eigenvalue weighted by Gasteiger charge is 2.63. The molecule has 334 valence electrons. The van der Waals surface area contributed by atoms with E-state index < -0.39 is 29.1 Å². The maximum Gasteiger partial charge on any atom is 0.255 e. The van der Waals surface area contributed by atoms with Crippen molar-refractivity contribution in [3.63, 3.8) is 0 Å². The van der Waals surface area contributed by atoms with Crippen LogP contribution >= 0.6 is 0 Å². The first-order valence-electron chi connectivity index (χ1n) is 23.0. The molecule has 5 saturated heterocycles. The number of piperazine rings is 1. The molecular weight excluding hydrogens is 809 g/mol. The van der Waals surface area contributed by atoms with E-state index in [1.54, 1.807) is 18.1 Å². The van der Waals surface area contributed by atoms with E-state index in [2.05, 4.69) is 31.0 Å². The molecule has 7 aliphatic rings. The molecular formula is C48H57F2N7O6. The smallest absolute Gasteiger partial charge is 0.255 e. The second-order valence-electron chi connectivity index (χ2n) is 18.8. The summed E-state index contributed by atoms with van der Waals surface area (Å²) in [5, 5.41) is 13.0. The summed E-state index contributed by atoms with van der Waals surface area (Å²) in [6.45, 7) is 8.93. The van der Waals surface area contributed by atoms with Crippen LogP contribution in [-0.4, -0.2) is 122 Å². The van der Waals surface area contributed by atoms with Crippen molar-refractivity contribution in [2.75, 3.05) is 80.7 Å². The number of aromatic hydroxyl groups is 1. The summed E-state index contributed by atoms with van der Waals surface area (Å²) in [4.78, 5) is 63.9. The fourth-order valence-electron chi connectivity index (χ4n) is 12.0. The second-order valence-corrected chi connectivity index (χ2v) is 18.8.